The minimum atomic E-state index is -0.556. The van der Waals surface area contributed by atoms with Gasteiger partial charge in [-0.15, -0.1) is 19.7 Å². The zero-order valence-electron chi connectivity index (χ0n) is 12.0. The van der Waals surface area contributed by atoms with E-state index in [-0.39, 0.29) is 0 Å². The highest BCUT2D eigenvalue weighted by Crippen LogP contribution is 2.01. The van der Waals surface area contributed by atoms with Crippen molar-refractivity contribution in [1.82, 2.24) is 0 Å². The Bertz CT molecular complexity index is 193. The summed E-state index contributed by atoms with van der Waals surface area (Å²) in [6.07, 6.45) is 11.3. The summed E-state index contributed by atoms with van der Waals surface area (Å²) in [6.45, 7) is 12.9. The van der Waals surface area contributed by atoms with Crippen molar-refractivity contribution in [1.29, 1.82) is 0 Å². The van der Waals surface area contributed by atoms with Gasteiger partial charge in [0.05, 0.1) is 0 Å². The molecule has 0 aliphatic carbocycles. The van der Waals surface area contributed by atoms with Crippen LogP contribution in [-0.4, -0.2) is 27.1 Å². The molecule has 4 heteroatoms. The van der Waals surface area contributed by atoms with Gasteiger partial charge in [-0.1, -0.05) is 18.2 Å². The molecular formula is C15H27BO3. The maximum atomic E-state index is 5.56. The summed E-state index contributed by atoms with van der Waals surface area (Å²) < 4.78 is 16.7. The number of hydrogen-bond donors (Lipinski definition) is 0. The maximum absolute atomic E-state index is 5.56. The average molecular weight is 266 g/mol. The van der Waals surface area contributed by atoms with Crippen molar-refractivity contribution >= 4 is 7.32 Å². The Hall–Kier alpha value is -0.835. The second-order valence-corrected chi connectivity index (χ2v) is 4.19. The fourth-order valence-corrected chi connectivity index (χ4v) is 1.37. The first-order valence-electron chi connectivity index (χ1n) is 7.02. The summed E-state index contributed by atoms with van der Waals surface area (Å²) in [5, 5.41) is 0. The Balaban J connectivity index is 3.74. The van der Waals surface area contributed by atoms with Gasteiger partial charge in [0.15, 0.2) is 0 Å². The van der Waals surface area contributed by atoms with Gasteiger partial charge in [-0.3, -0.25) is 0 Å². The molecule has 0 aliphatic heterocycles. The van der Waals surface area contributed by atoms with Gasteiger partial charge in [-0.2, -0.15) is 0 Å². The van der Waals surface area contributed by atoms with E-state index in [0.29, 0.717) is 19.8 Å². The third kappa shape index (κ3) is 13.4. The van der Waals surface area contributed by atoms with E-state index in [4.69, 9.17) is 14.0 Å². The quantitative estimate of drug-likeness (QED) is 0.255. The molecule has 0 atom stereocenters. The highest BCUT2D eigenvalue weighted by atomic mass is 16.7. The summed E-state index contributed by atoms with van der Waals surface area (Å²) in [4.78, 5) is 0. The fraction of sp³-hybridized carbons (Fsp3) is 0.600. The van der Waals surface area contributed by atoms with E-state index < -0.39 is 7.32 Å². The van der Waals surface area contributed by atoms with Gasteiger partial charge < -0.3 is 14.0 Å². The van der Waals surface area contributed by atoms with Crippen LogP contribution < -0.4 is 0 Å². The first kappa shape index (κ1) is 18.2. The summed E-state index contributed by atoms with van der Waals surface area (Å²) in [6, 6.07) is 0. The fourth-order valence-electron chi connectivity index (χ4n) is 1.37. The van der Waals surface area contributed by atoms with Gasteiger partial charge in [-0.25, -0.2) is 0 Å². The van der Waals surface area contributed by atoms with Gasteiger partial charge in [-0.05, 0) is 38.5 Å². The summed E-state index contributed by atoms with van der Waals surface area (Å²) >= 11 is 0. The minimum absolute atomic E-state index is 0.556. The van der Waals surface area contributed by atoms with E-state index in [2.05, 4.69) is 19.7 Å². The molecule has 0 spiro atoms. The molecule has 0 aromatic carbocycles. The highest BCUT2D eigenvalue weighted by Gasteiger charge is 2.20. The van der Waals surface area contributed by atoms with Crippen LogP contribution in [0.2, 0.25) is 0 Å². The molecule has 0 fully saturated rings. The zero-order valence-corrected chi connectivity index (χ0v) is 12.0. The molecule has 0 rings (SSSR count). The molecule has 0 N–H and O–H groups in total. The van der Waals surface area contributed by atoms with Crippen LogP contribution in [0.3, 0.4) is 0 Å². The second-order valence-electron chi connectivity index (χ2n) is 4.19. The van der Waals surface area contributed by atoms with Crippen molar-refractivity contribution in [3.8, 4) is 0 Å². The molecule has 3 nitrogen and oxygen atoms in total. The van der Waals surface area contributed by atoms with E-state index in [1.54, 1.807) is 0 Å². The summed E-state index contributed by atoms with van der Waals surface area (Å²) in [5.41, 5.74) is 0. The molecule has 0 aromatic rings. The Morgan fingerprint density at radius 3 is 1.21 bits per heavy atom. The van der Waals surface area contributed by atoms with E-state index in [0.717, 1.165) is 38.5 Å². The topological polar surface area (TPSA) is 27.7 Å². The van der Waals surface area contributed by atoms with Crippen LogP contribution >= 0.6 is 0 Å². The van der Waals surface area contributed by atoms with Gasteiger partial charge in [0.2, 0.25) is 0 Å². The van der Waals surface area contributed by atoms with Crippen LogP contribution in [0.1, 0.15) is 38.5 Å². The van der Waals surface area contributed by atoms with Crippen molar-refractivity contribution in [3.05, 3.63) is 38.0 Å². The molecule has 108 valence electrons. The lowest BCUT2D eigenvalue weighted by Crippen LogP contribution is -2.28. The van der Waals surface area contributed by atoms with E-state index in [1.807, 2.05) is 18.2 Å². The number of allylic oxidation sites excluding steroid dienone is 3. The van der Waals surface area contributed by atoms with E-state index >= 15 is 0 Å². The van der Waals surface area contributed by atoms with Crippen LogP contribution in [-0.2, 0) is 14.0 Å². The van der Waals surface area contributed by atoms with Crippen LogP contribution in [0.15, 0.2) is 38.0 Å². The standard InChI is InChI=1S/C15H27BO3/c1-4-7-10-13-17-16(18-14-11-8-5-2)19-15-12-9-6-3/h4-6H,1-3,7-15H2. The third-order valence-electron chi connectivity index (χ3n) is 2.42. The monoisotopic (exact) mass is 266 g/mol. The predicted molar refractivity (Wildman–Crippen MR) is 81.9 cm³/mol. The lowest BCUT2D eigenvalue weighted by atomic mass is 10.2. The Kier molecular flexibility index (Phi) is 14.6. The number of hydrogen-bond acceptors (Lipinski definition) is 3. The Labute approximate surface area is 118 Å². The smallest absolute Gasteiger partial charge is 0.386 e. The van der Waals surface area contributed by atoms with Gasteiger partial charge in [0.25, 0.3) is 0 Å². The second kappa shape index (κ2) is 15.2. The first-order chi connectivity index (χ1) is 9.35. The van der Waals surface area contributed by atoms with Crippen molar-refractivity contribution in [2.75, 3.05) is 19.8 Å². The summed E-state index contributed by atoms with van der Waals surface area (Å²) in [7, 11) is -0.556. The van der Waals surface area contributed by atoms with Crippen LogP contribution in [0, 0.1) is 0 Å². The molecule has 0 aromatic heterocycles. The zero-order chi connectivity index (χ0) is 14.2. The number of rotatable bonds is 15. The molecule has 0 amide bonds. The molecule has 0 radical (unpaired) electrons. The van der Waals surface area contributed by atoms with E-state index in [1.165, 1.54) is 0 Å². The van der Waals surface area contributed by atoms with Crippen LogP contribution in [0.5, 0.6) is 0 Å². The van der Waals surface area contributed by atoms with Crippen LogP contribution in [0.25, 0.3) is 0 Å². The van der Waals surface area contributed by atoms with Gasteiger partial charge in [0.1, 0.15) is 0 Å². The van der Waals surface area contributed by atoms with Crippen molar-refractivity contribution in [2.45, 2.75) is 38.5 Å². The van der Waals surface area contributed by atoms with Crippen molar-refractivity contribution < 1.29 is 14.0 Å². The molecule has 19 heavy (non-hydrogen) atoms. The molecule has 0 saturated heterocycles. The summed E-state index contributed by atoms with van der Waals surface area (Å²) in [5.74, 6) is 0. The lowest BCUT2D eigenvalue weighted by Gasteiger charge is -2.14. The third-order valence-corrected chi connectivity index (χ3v) is 2.42. The largest absolute Gasteiger partial charge is 0.639 e. The normalized spacial score (nSPS) is 10.1. The molecule has 0 heterocycles. The van der Waals surface area contributed by atoms with Crippen molar-refractivity contribution in [3.63, 3.8) is 0 Å². The Morgan fingerprint density at radius 2 is 0.947 bits per heavy atom. The highest BCUT2D eigenvalue weighted by molar-refractivity contribution is 6.36. The predicted octanol–water partition coefficient (Wildman–Crippen LogP) is 3.92. The van der Waals surface area contributed by atoms with E-state index in [9.17, 15) is 0 Å². The molecule has 0 saturated carbocycles. The first-order valence-corrected chi connectivity index (χ1v) is 7.02. The maximum Gasteiger partial charge on any atom is 0.639 e. The SMILES string of the molecule is C=CCCCOB(OCCCC=C)OCCCC=C. The van der Waals surface area contributed by atoms with Crippen LogP contribution in [0.4, 0.5) is 0 Å². The molecule has 0 aliphatic rings. The van der Waals surface area contributed by atoms with Crippen molar-refractivity contribution in [2.24, 2.45) is 0 Å². The molecule has 0 bridgehead atoms. The lowest BCUT2D eigenvalue weighted by molar-refractivity contribution is 0.0909. The van der Waals surface area contributed by atoms with Gasteiger partial charge >= 0.3 is 7.32 Å². The average Bonchev–Trinajstić information content (AvgIpc) is 2.43. The molecule has 0 unspecified atom stereocenters. The minimum Gasteiger partial charge on any atom is -0.386 e. The Morgan fingerprint density at radius 1 is 0.632 bits per heavy atom. The number of unbranched alkanes of at least 4 members (excludes halogenated alkanes) is 3. The van der Waals surface area contributed by atoms with Gasteiger partial charge in [0, 0.05) is 19.8 Å². The molecular weight excluding hydrogens is 239 g/mol.